The molecule has 0 heterocycles. The van der Waals surface area contributed by atoms with E-state index in [-0.39, 0.29) is 25.4 Å². The molecule has 0 saturated heterocycles. The van der Waals surface area contributed by atoms with Crippen molar-refractivity contribution in [1.82, 2.24) is 5.32 Å². The SMILES string of the molecule is CC(C)(C)OC(=O)N[C@]1(C(=O)O)C[C@@H](COS(C)(=O)=O)C1. The summed E-state index contributed by atoms with van der Waals surface area (Å²) in [6.07, 6.45) is 0.302. The van der Waals surface area contributed by atoms with Gasteiger partial charge in [0.15, 0.2) is 0 Å². The van der Waals surface area contributed by atoms with Crippen LogP contribution in [0, 0.1) is 5.92 Å². The molecule has 0 aromatic rings. The fourth-order valence-corrected chi connectivity index (χ4v) is 2.53. The number of carboxylic acids is 1. The lowest BCUT2D eigenvalue weighted by Crippen LogP contribution is -2.63. The van der Waals surface area contributed by atoms with Gasteiger partial charge in [-0.2, -0.15) is 8.42 Å². The fourth-order valence-electron chi connectivity index (χ4n) is 2.09. The lowest BCUT2D eigenvalue weighted by Gasteiger charge is -2.44. The van der Waals surface area contributed by atoms with Crippen LogP contribution in [0.15, 0.2) is 0 Å². The maximum atomic E-state index is 11.7. The molecule has 0 bridgehead atoms. The van der Waals surface area contributed by atoms with Crippen molar-refractivity contribution < 1.29 is 32.0 Å². The Labute approximate surface area is 123 Å². The van der Waals surface area contributed by atoms with Crippen molar-refractivity contribution in [3.05, 3.63) is 0 Å². The summed E-state index contributed by atoms with van der Waals surface area (Å²) in [5.41, 5.74) is -2.15. The maximum Gasteiger partial charge on any atom is 0.408 e. The summed E-state index contributed by atoms with van der Waals surface area (Å²) >= 11 is 0. The molecule has 8 nitrogen and oxygen atoms in total. The summed E-state index contributed by atoms with van der Waals surface area (Å²) < 4.78 is 31.4. The van der Waals surface area contributed by atoms with Gasteiger partial charge in [-0.1, -0.05) is 0 Å². The minimum absolute atomic E-state index is 0.0934. The largest absolute Gasteiger partial charge is 0.480 e. The molecule has 1 fully saturated rings. The number of amides is 1. The summed E-state index contributed by atoms with van der Waals surface area (Å²) in [4.78, 5) is 23.0. The van der Waals surface area contributed by atoms with Crippen molar-refractivity contribution in [2.45, 2.75) is 44.8 Å². The van der Waals surface area contributed by atoms with E-state index in [1.54, 1.807) is 20.8 Å². The molecule has 0 unspecified atom stereocenters. The molecule has 0 spiro atoms. The third-order valence-electron chi connectivity index (χ3n) is 2.94. The van der Waals surface area contributed by atoms with Crippen LogP contribution in [0.2, 0.25) is 0 Å². The number of hydrogen-bond acceptors (Lipinski definition) is 6. The number of alkyl carbamates (subject to hydrolysis) is 1. The van der Waals surface area contributed by atoms with Crippen molar-refractivity contribution in [3.8, 4) is 0 Å². The van der Waals surface area contributed by atoms with Gasteiger partial charge in [-0.15, -0.1) is 0 Å². The molecule has 0 aliphatic heterocycles. The second-order valence-corrected chi connectivity index (χ2v) is 7.92. The number of aliphatic carboxylic acids is 1. The number of rotatable bonds is 5. The van der Waals surface area contributed by atoms with Gasteiger partial charge in [-0.25, -0.2) is 9.59 Å². The minimum Gasteiger partial charge on any atom is -0.480 e. The Bertz CT molecular complexity index is 514. The molecular formula is C12H21NO7S. The Kier molecular flexibility index (Phi) is 4.89. The highest BCUT2D eigenvalue weighted by atomic mass is 32.2. The molecular weight excluding hydrogens is 302 g/mol. The quantitative estimate of drug-likeness (QED) is 0.715. The molecule has 9 heteroatoms. The van der Waals surface area contributed by atoms with Crippen LogP contribution in [-0.2, 0) is 23.8 Å². The highest BCUT2D eigenvalue weighted by Crippen LogP contribution is 2.38. The second kappa shape index (κ2) is 5.80. The number of carbonyl (C=O) groups excluding carboxylic acids is 1. The van der Waals surface area contributed by atoms with Crippen molar-refractivity contribution in [2.75, 3.05) is 12.9 Å². The second-order valence-electron chi connectivity index (χ2n) is 6.28. The van der Waals surface area contributed by atoms with Gasteiger partial charge in [0, 0.05) is 0 Å². The number of hydrogen-bond donors (Lipinski definition) is 2. The van der Waals surface area contributed by atoms with Crippen LogP contribution < -0.4 is 5.32 Å². The highest BCUT2D eigenvalue weighted by molar-refractivity contribution is 7.85. The Balaban J connectivity index is 2.57. The Hall–Kier alpha value is -1.35. The third kappa shape index (κ3) is 5.50. The monoisotopic (exact) mass is 323 g/mol. The molecule has 0 aromatic heterocycles. The van der Waals surface area contributed by atoms with Gasteiger partial charge in [-0.3, -0.25) is 4.18 Å². The highest BCUT2D eigenvalue weighted by Gasteiger charge is 2.52. The molecule has 21 heavy (non-hydrogen) atoms. The van der Waals surface area contributed by atoms with Crippen LogP contribution in [-0.4, -0.2) is 49.6 Å². The van der Waals surface area contributed by atoms with Crippen LogP contribution >= 0.6 is 0 Å². The van der Waals surface area contributed by atoms with Gasteiger partial charge in [-0.05, 0) is 39.5 Å². The topological polar surface area (TPSA) is 119 Å². The average molecular weight is 323 g/mol. The van der Waals surface area contributed by atoms with E-state index in [1.165, 1.54) is 0 Å². The maximum absolute atomic E-state index is 11.7. The van der Waals surface area contributed by atoms with E-state index < -0.39 is 33.3 Å². The van der Waals surface area contributed by atoms with Gasteiger partial charge < -0.3 is 15.2 Å². The fraction of sp³-hybridized carbons (Fsp3) is 0.833. The molecule has 1 saturated carbocycles. The zero-order chi connectivity index (χ0) is 16.5. The van der Waals surface area contributed by atoms with E-state index in [2.05, 4.69) is 9.50 Å². The normalized spacial score (nSPS) is 25.8. The first-order valence-corrected chi connectivity index (χ1v) is 8.24. The van der Waals surface area contributed by atoms with Crippen LogP contribution in [0.1, 0.15) is 33.6 Å². The summed E-state index contributed by atoms with van der Waals surface area (Å²) in [6.45, 7) is 4.92. The van der Waals surface area contributed by atoms with E-state index in [0.717, 1.165) is 6.26 Å². The van der Waals surface area contributed by atoms with Gasteiger partial charge in [0.25, 0.3) is 10.1 Å². The Morgan fingerprint density at radius 3 is 2.24 bits per heavy atom. The molecule has 1 rings (SSSR count). The van der Waals surface area contributed by atoms with Crippen LogP contribution in [0.25, 0.3) is 0 Å². The smallest absolute Gasteiger partial charge is 0.408 e. The summed E-state index contributed by atoms with van der Waals surface area (Å²) in [5, 5.41) is 11.6. The van der Waals surface area contributed by atoms with Crippen molar-refractivity contribution in [1.29, 1.82) is 0 Å². The van der Waals surface area contributed by atoms with E-state index >= 15 is 0 Å². The van der Waals surface area contributed by atoms with Crippen molar-refractivity contribution in [2.24, 2.45) is 5.92 Å². The predicted molar refractivity (Wildman–Crippen MR) is 73.3 cm³/mol. The zero-order valence-corrected chi connectivity index (χ0v) is 13.3. The van der Waals surface area contributed by atoms with E-state index in [0.29, 0.717) is 0 Å². The first kappa shape index (κ1) is 17.7. The molecule has 0 radical (unpaired) electrons. The summed E-state index contributed by atoms with van der Waals surface area (Å²) in [5.74, 6) is -1.42. The molecule has 0 aromatic carbocycles. The predicted octanol–water partition coefficient (Wildman–Crippen LogP) is 0.721. The van der Waals surface area contributed by atoms with Crippen LogP contribution in [0.4, 0.5) is 4.79 Å². The average Bonchev–Trinajstić information content (AvgIpc) is 2.16. The minimum atomic E-state index is -3.56. The van der Waals surface area contributed by atoms with Gasteiger partial charge in [0.1, 0.15) is 11.1 Å². The lowest BCUT2D eigenvalue weighted by atomic mass is 9.68. The summed E-state index contributed by atoms with van der Waals surface area (Å²) in [7, 11) is -3.56. The van der Waals surface area contributed by atoms with Crippen molar-refractivity contribution in [3.63, 3.8) is 0 Å². The molecule has 0 atom stereocenters. The first-order chi connectivity index (χ1) is 9.33. The van der Waals surface area contributed by atoms with Gasteiger partial charge >= 0.3 is 12.1 Å². The van der Waals surface area contributed by atoms with Gasteiger partial charge in [0.2, 0.25) is 0 Å². The third-order valence-corrected chi connectivity index (χ3v) is 3.51. The number of ether oxygens (including phenoxy) is 1. The van der Waals surface area contributed by atoms with Crippen LogP contribution in [0.3, 0.4) is 0 Å². The number of carbonyl (C=O) groups is 2. The lowest BCUT2D eigenvalue weighted by molar-refractivity contribution is -0.151. The zero-order valence-electron chi connectivity index (χ0n) is 12.5. The van der Waals surface area contributed by atoms with E-state index in [1.807, 2.05) is 0 Å². The Morgan fingerprint density at radius 2 is 1.86 bits per heavy atom. The first-order valence-electron chi connectivity index (χ1n) is 6.42. The number of nitrogens with one attached hydrogen (secondary N) is 1. The molecule has 1 amide bonds. The van der Waals surface area contributed by atoms with E-state index in [9.17, 15) is 23.1 Å². The van der Waals surface area contributed by atoms with Crippen molar-refractivity contribution >= 4 is 22.2 Å². The molecule has 1 aliphatic carbocycles. The number of carboxylic acid groups (broad SMARTS) is 1. The van der Waals surface area contributed by atoms with Gasteiger partial charge in [0.05, 0.1) is 12.9 Å². The summed E-state index contributed by atoms with van der Waals surface area (Å²) in [6, 6.07) is 0. The molecule has 2 N–H and O–H groups in total. The van der Waals surface area contributed by atoms with Crippen LogP contribution in [0.5, 0.6) is 0 Å². The molecule has 122 valence electrons. The Morgan fingerprint density at radius 1 is 1.33 bits per heavy atom. The molecule has 1 aliphatic rings. The standard InChI is InChI=1S/C12H21NO7S/c1-11(2,3)20-10(16)13-12(9(14)15)5-8(6-12)7-19-21(4,17)18/h8H,5-7H2,1-4H3,(H,13,16)(H,14,15)/t8-,12-. The van der Waals surface area contributed by atoms with E-state index in [4.69, 9.17) is 4.74 Å².